The molecule has 4 heteroatoms. The normalized spacial score (nSPS) is 16.7. The fourth-order valence-corrected chi connectivity index (χ4v) is 5.60. The molecular formula is C30H38B2O2. The molecule has 1 fully saturated rings. The van der Waals surface area contributed by atoms with E-state index < -0.39 is 0 Å². The number of rotatable bonds is 4. The summed E-state index contributed by atoms with van der Waals surface area (Å²) in [7, 11) is -0.344. The molecule has 3 aromatic rings. The van der Waals surface area contributed by atoms with E-state index in [1.807, 2.05) is 0 Å². The molecule has 1 saturated heterocycles. The lowest BCUT2D eigenvalue weighted by Gasteiger charge is -2.32. The minimum atomic E-state index is -0.344. The van der Waals surface area contributed by atoms with Gasteiger partial charge in [-0.3, -0.25) is 0 Å². The van der Waals surface area contributed by atoms with Crippen LogP contribution in [0.4, 0.5) is 0 Å². The average molecular weight is 452 g/mol. The Labute approximate surface area is 207 Å². The average Bonchev–Trinajstić information content (AvgIpc) is 2.92. The van der Waals surface area contributed by atoms with Crippen LogP contribution in [0.3, 0.4) is 0 Å². The second kappa shape index (κ2) is 8.73. The molecule has 1 aliphatic heterocycles. The molecule has 34 heavy (non-hydrogen) atoms. The first-order valence-corrected chi connectivity index (χ1v) is 12.4. The lowest BCUT2D eigenvalue weighted by molar-refractivity contribution is 0.00578. The summed E-state index contributed by atoms with van der Waals surface area (Å²) in [5.74, 6) is 0. The van der Waals surface area contributed by atoms with Gasteiger partial charge in [0.25, 0.3) is 0 Å². The Hall–Kier alpha value is -2.29. The summed E-state index contributed by atoms with van der Waals surface area (Å²) in [5, 5.41) is 0. The van der Waals surface area contributed by atoms with E-state index in [4.69, 9.17) is 9.31 Å². The lowest BCUT2D eigenvalue weighted by Crippen LogP contribution is -2.56. The van der Waals surface area contributed by atoms with E-state index in [-0.39, 0.29) is 25.0 Å². The maximum atomic E-state index is 6.30. The highest BCUT2D eigenvalue weighted by molar-refractivity contribution is 6.96. The standard InChI is InChI=1S/C30H38B2O2/c1-19-15-21(3)27(22(4)16-19)31(28-23(5)17-20(2)18-24(28)6)25-11-13-26(14-12-25)32-33-29(7,8)30(9,10)34-32/h11-18H,1-10H3. The van der Waals surface area contributed by atoms with E-state index in [0.717, 1.165) is 5.46 Å². The van der Waals surface area contributed by atoms with Crippen molar-refractivity contribution >= 4 is 35.7 Å². The van der Waals surface area contributed by atoms with Crippen molar-refractivity contribution in [1.29, 1.82) is 0 Å². The highest BCUT2D eigenvalue weighted by Crippen LogP contribution is 2.36. The predicted octanol–water partition coefficient (Wildman–Crippen LogP) is 4.35. The molecular weight excluding hydrogens is 414 g/mol. The Morgan fingerprint density at radius 2 is 0.941 bits per heavy atom. The monoisotopic (exact) mass is 452 g/mol. The van der Waals surface area contributed by atoms with Gasteiger partial charge in [0, 0.05) is 0 Å². The van der Waals surface area contributed by atoms with Gasteiger partial charge in [-0.2, -0.15) is 0 Å². The second-order valence-electron chi connectivity index (χ2n) is 11.3. The maximum absolute atomic E-state index is 6.30. The highest BCUT2D eigenvalue weighted by Gasteiger charge is 2.51. The zero-order chi connectivity index (χ0) is 25.0. The van der Waals surface area contributed by atoms with Crippen molar-refractivity contribution < 1.29 is 9.31 Å². The third-order valence-corrected chi connectivity index (χ3v) is 7.85. The van der Waals surface area contributed by atoms with Gasteiger partial charge in [-0.05, 0) is 74.7 Å². The molecule has 3 aromatic carbocycles. The molecule has 1 heterocycles. The van der Waals surface area contributed by atoms with Crippen molar-refractivity contribution in [3.63, 3.8) is 0 Å². The summed E-state index contributed by atoms with van der Waals surface area (Å²) in [6, 6.07) is 18.1. The molecule has 0 saturated carbocycles. The Bertz CT molecular complexity index is 1110. The largest absolute Gasteiger partial charge is 0.494 e. The molecule has 0 N–H and O–H groups in total. The zero-order valence-corrected chi connectivity index (χ0v) is 22.6. The third kappa shape index (κ3) is 4.39. The number of benzene rings is 3. The third-order valence-electron chi connectivity index (χ3n) is 7.85. The van der Waals surface area contributed by atoms with Crippen LogP contribution in [-0.2, 0) is 9.31 Å². The molecule has 176 valence electrons. The van der Waals surface area contributed by atoms with Gasteiger partial charge in [0.05, 0.1) is 11.2 Å². The Morgan fingerprint density at radius 1 is 0.588 bits per heavy atom. The summed E-state index contributed by atoms with van der Waals surface area (Å²) in [6.07, 6.45) is 0. The Morgan fingerprint density at radius 3 is 1.29 bits per heavy atom. The van der Waals surface area contributed by atoms with Crippen LogP contribution in [0.2, 0.25) is 0 Å². The Kier molecular flexibility index (Phi) is 6.38. The first-order valence-electron chi connectivity index (χ1n) is 12.4. The first kappa shape index (κ1) is 24.8. The molecule has 1 aliphatic rings. The van der Waals surface area contributed by atoms with E-state index in [1.165, 1.54) is 49.8 Å². The molecule has 4 rings (SSSR count). The number of hydrogen-bond acceptors (Lipinski definition) is 2. The van der Waals surface area contributed by atoms with E-state index in [0.29, 0.717) is 0 Å². The lowest BCUT2D eigenvalue weighted by atomic mass is 9.34. The summed E-state index contributed by atoms with van der Waals surface area (Å²) < 4.78 is 12.6. The van der Waals surface area contributed by atoms with E-state index in [9.17, 15) is 0 Å². The molecule has 0 aromatic heterocycles. The SMILES string of the molecule is Cc1cc(C)c(B(c2ccc(B3OC(C)(C)C(C)(C)O3)cc2)c2c(C)cc(C)cc2C)c(C)c1. The number of hydrogen-bond donors (Lipinski definition) is 0. The minimum absolute atomic E-state index is 0.175. The molecule has 0 spiro atoms. The quantitative estimate of drug-likeness (QED) is 0.549. The second-order valence-corrected chi connectivity index (χ2v) is 11.3. The van der Waals surface area contributed by atoms with Gasteiger partial charge in [0.2, 0.25) is 6.71 Å². The topological polar surface area (TPSA) is 18.5 Å². The summed E-state index contributed by atoms with van der Waals surface area (Å²) in [6.45, 7) is 21.9. The van der Waals surface area contributed by atoms with Crippen LogP contribution in [-0.4, -0.2) is 25.0 Å². The fourth-order valence-electron chi connectivity index (χ4n) is 5.60. The van der Waals surface area contributed by atoms with Crippen molar-refractivity contribution in [3.8, 4) is 0 Å². The van der Waals surface area contributed by atoms with E-state index in [2.05, 4.69) is 118 Å². The number of aryl methyl sites for hydroxylation is 6. The van der Waals surface area contributed by atoms with Crippen LogP contribution in [0.15, 0.2) is 48.5 Å². The van der Waals surface area contributed by atoms with Crippen LogP contribution in [0.25, 0.3) is 0 Å². The van der Waals surface area contributed by atoms with Gasteiger partial charge < -0.3 is 9.31 Å². The molecule has 0 bridgehead atoms. The summed E-state index contributed by atoms with van der Waals surface area (Å²) in [5.41, 5.74) is 12.5. The van der Waals surface area contributed by atoms with Crippen molar-refractivity contribution in [2.45, 2.75) is 80.4 Å². The summed E-state index contributed by atoms with van der Waals surface area (Å²) in [4.78, 5) is 0. The zero-order valence-electron chi connectivity index (χ0n) is 22.6. The molecule has 0 atom stereocenters. The maximum Gasteiger partial charge on any atom is 0.494 e. The van der Waals surface area contributed by atoms with E-state index in [1.54, 1.807) is 0 Å². The van der Waals surface area contributed by atoms with Crippen LogP contribution in [0.5, 0.6) is 0 Å². The van der Waals surface area contributed by atoms with Gasteiger partial charge in [0.1, 0.15) is 0 Å². The fraction of sp³-hybridized carbons (Fsp3) is 0.400. The molecule has 2 nitrogen and oxygen atoms in total. The van der Waals surface area contributed by atoms with Gasteiger partial charge in [-0.1, -0.05) is 98.3 Å². The molecule has 0 amide bonds. The first-order chi connectivity index (χ1) is 15.8. The van der Waals surface area contributed by atoms with Gasteiger partial charge >= 0.3 is 7.12 Å². The van der Waals surface area contributed by atoms with E-state index >= 15 is 0 Å². The van der Waals surface area contributed by atoms with Gasteiger partial charge in [0.15, 0.2) is 0 Å². The van der Waals surface area contributed by atoms with Crippen molar-refractivity contribution in [3.05, 3.63) is 81.9 Å². The summed E-state index contributed by atoms with van der Waals surface area (Å²) >= 11 is 0. The molecule has 0 unspecified atom stereocenters. The van der Waals surface area contributed by atoms with Crippen molar-refractivity contribution in [2.24, 2.45) is 0 Å². The minimum Gasteiger partial charge on any atom is -0.399 e. The molecule has 0 radical (unpaired) electrons. The van der Waals surface area contributed by atoms with Crippen LogP contribution in [0, 0.1) is 41.5 Å². The van der Waals surface area contributed by atoms with Crippen molar-refractivity contribution in [1.82, 2.24) is 0 Å². The molecule has 0 aliphatic carbocycles. The highest BCUT2D eigenvalue weighted by atomic mass is 16.7. The van der Waals surface area contributed by atoms with Crippen LogP contribution >= 0.6 is 0 Å². The van der Waals surface area contributed by atoms with Gasteiger partial charge in [-0.25, -0.2) is 0 Å². The van der Waals surface area contributed by atoms with Crippen LogP contribution < -0.4 is 21.9 Å². The predicted molar refractivity (Wildman–Crippen MR) is 148 cm³/mol. The van der Waals surface area contributed by atoms with Crippen molar-refractivity contribution in [2.75, 3.05) is 0 Å². The van der Waals surface area contributed by atoms with Crippen LogP contribution in [0.1, 0.15) is 61.1 Å². The Balaban J connectivity index is 1.83. The smallest absolute Gasteiger partial charge is 0.399 e. The van der Waals surface area contributed by atoms with Gasteiger partial charge in [-0.15, -0.1) is 0 Å².